The quantitative estimate of drug-likeness (QED) is 0.391. The summed E-state index contributed by atoms with van der Waals surface area (Å²) in [5.74, 6) is 4.85. The highest BCUT2D eigenvalue weighted by molar-refractivity contribution is 7.14. The number of hydrazine groups is 1. The van der Waals surface area contributed by atoms with Gasteiger partial charge >= 0.3 is 0 Å². The summed E-state index contributed by atoms with van der Waals surface area (Å²) in [6.07, 6.45) is 2.19. The maximum absolute atomic E-state index is 11.6. The molecule has 0 aromatic carbocycles. The van der Waals surface area contributed by atoms with Crippen molar-refractivity contribution in [2.75, 3.05) is 13.6 Å². The van der Waals surface area contributed by atoms with Crippen molar-refractivity contribution in [3.05, 3.63) is 21.9 Å². The molecule has 4 N–H and O–H groups in total. The lowest BCUT2D eigenvalue weighted by Gasteiger charge is -2.14. The zero-order valence-electron chi connectivity index (χ0n) is 10.8. The summed E-state index contributed by atoms with van der Waals surface area (Å²) in [4.78, 5) is 26.5. The Bertz CT molecular complexity index is 470. The normalized spacial score (nSPS) is 14.5. The van der Waals surface area contributed by atoms with Crippen molar-refractivity contribution in [2.45, 2.75) is 25.4 Å². The van der Waals surface area contributed by atoms with Crippen LogP contribution in [-0.2, 0) is 11.3 Å². The number of nitrogens with zero attached hydrogens (tertiary/aromatic N) is 1. The molecule has 0 bridgehead atoms. The van der Waals surface area contributed by atoms with E-state index in [2.05, 4.69) is 10.7 Å². The van der Waals surface area contributed by atoms with Crippen molar-refractivity contribution in [1.82, 2.24) is 15.6 Å². The zero-order valence-corrected chi connectivity index (χ0v) is 11.6. The fourth-order valence-electron chi connectivity index (χ4n) is 1.72. The fourth-order valence-corrected chi connectivity index (χ4v) is 2.72. The number of thiophene rings is 1. The van der Waals surface area contributed by atoms with Gasteiger partial charge in [-0.3, -0.25) is 19.9 Å². The molecule has 1 aliphatic carbocycles. The van der Waals surface area contributed by atoms with E-state index in [4.69, 9.17) is 5.84 Å². The summed E-state index contributed by atoms with van der Waals surface area (Å²) in [5, 5.41) is 2.95. The average Bonchev–Trinajstić information content (AvgIpc) is 3.04. The maximum atomic E-state index is 11.6. The van der Waals surface area contributed by atoms with Gasteiger partial charge in [-0.1, -0.05) is 0 Å². The highest BCUT2D eigenvalue weighted by atomic mass is 32.1. The smallest absolute Gasteiger partial charge is 0.275 e. The van der Waals surface area contributed by atoms with E-state index in [1.54, 1.807) is 6.07 Å². The van der Waals surface area contributed by atoms with E-state index in [9.17, 15) is 9.59 Å². The molecule has 0 saturated heterocycles. The molecule has 6 nitrogen and oxygen atoms in total. The van der Waals surface area contributed by atoms with E-state index in [1.165, 1.54) is 11.3 Å². The molecule has 1 aromatic heterocycles. The van der Waals surface area contributed by atoms with E-state index >= 15 is 0 Å². The molecule has 1 aliphatic rings. The molecule has 1 heterocycles. The lowest BCUT2D eigenvalue weighted by Crippen LogP contribution is -2.35. The number of nitrogen functional groups attached to an aromatic ring is 1. The van der Waals surface area contributed by atoms with Crippen LogP contribution in [0.2, 0.25) is 0 Å². The minimum Gasteiger partial charge on any atom is -0.352 e. The molecule has 0 atom stereocenters. The molecular formula is C12H18N4O2S. The molecule has 0 aliphatic heterocycles. The van der Waals surface area contributed by atoms with Gasteiger partial charge < -0.3 is 5.32 Å². The number of amides is 2. The molecular weight excluding hydrogens is 264 g/mol. The highest BCUT2D eigenvalue weighted by Crippen LogP contribution is 2.19. The van der Waals surface area contributed by atoms with Crippen molar-refractivity contribution < 1.29 is 9.59 Å². The van der Waals surface area contributed by atoms with Crippen LogP contribution in [-0.4, -0.2) is 36.3 Å². The number of hydrogen-bond donors (Lipinski definition) is 3. The van der Waals surface area contributed by atoms with Gasteiger partial charge in [0.15, 0.2) is 0 Å². The van der Waals surface area contributed by atoms with E-state index in [1.807, 2.05) is 18.0 Å². The zero-order chi connectivity index (χ0) is 13.8. The van der Waals surface area contributed by atoms with Crippen molar-refractivity contribution in [1.29, 1.82) is 0 Å². The van der Waals surface area contributed by atoms with Crippen LogP contribution < -0.4 is 16.6 Å². The van der Waals surface area contributed by atoms with Crippen molar-refractivity contribution in [2.24, 2.45) is 5.84 Å². The van der Waals surface area contributed by atoms with Crippen LogP contribution in [0.4, 0.5) is 0 Å². The summed E-state index contributed by atoms with van der Waals surface area (Å²) in [7, 11) is 1.88. The Labute approximate surface area is 115 Å². The largest absolute Gasteiger partial charge is 0.352 e. The predicted molar refractivity (Wildman–Crippen MR) is 73.5 cm³/mol. The van der Waals surface area contributed by atoms with Crippen LogP contribution in [0.3, 0.4) is 0 Å². The topological polar surface area (TPSA) is 87.5 Å². The molecule has 2 amide bonds. The Balaban J connectivity index is 1.80. The first kappa shape index (κ1) is 14.0. The second-order valence-electron chi connectivity index (χ2n) is 4.75. The molecule has 2 rings (SSSR count). The fraction of sp³-hybridized carbons (Fsp3) is 0.500. The monoisotopic (exact) mass is 282 g/mol. The van der Waals surface area contributed by atoms with Gasteiger partial charge in [0, 0.05) is 17.5 Å². The third-order valence-electron chi connectivity index (χ3n) is 2.80. The van der Waals surface area contributed by atoms with Gasteiger partial charge in [-0.15, -0.1) is 11.3 Å². The van der Waals surface area contributed by atoms with Crippen molar-refractivity contribution in [3.8, 4) is 0 Å². The molecule has 1 fully saturated rings. The predicted octanol–water partition coefficient (Wildman–Crippen LogP) is 0.0620. The number of carbonyl (C=O) groups excluding carboxylic acids is 2. The molecule has 19 heavy (non-hydrogen) atoms. The second kappa shape index (κ2) is 6.14. The van der Waals surface area contributed by atoms with Crippen LogP contribution in [0.15, 0.2) is 12.1 Å². The summed E-state index contributed by atoms with van der Waals surface area (Å²) in [6, 6.07) is 4.01. The Hall–Kier alpha value is -1.44. The van der Waals surface area contributed by atoms with Gasteiger partial charge in [0.1, 0.15) is 0 Å². The number of rotatable bonds is 6. The van der Waals surface area contributed by atoms with Gasteiger partial charge in [0.2, 0.25) is 5.91 Å². The standard InChI is InChI=1S/C12H18N4O2S/c1-16(7-11(17)14-8-2-3-8)6-9-4-5-10(19-9)12(18)15-13/h4-5,8H,2-3,6-7,13H2,1H3,(H,14,17)(H,15,18). The third-order valence-corrected chi connectivity index (χ3v) is 3.87. The summed E-state index contributed by atoms with van der Waals surface area (Å²) >= 11 is 1.38. The maximum Gasteiger partial charge on any atom is 0.275 e. The Kier molecular flexibility index (Phi) is 4.52. The minimum atomic E-state index is -0.287. The van der Waals surface area contributed by atoms with Crippen LogP contribution in [0.5, 0.6) is 0 Å². The first-order chi connectivity index (χ1) is 9.08. The molecule has 1 aromatic rings. The van der Waals surface area contributed by atoms with Crippen LogP contribution in [0, 0.1) is 0 Å². The average molecular weight is 282 g/mol. The van der Waals surface area contributed by atoms with Gasteiger partial charge in [0.05, 0.1) is 11.4 Å². The van der Waals surface area contributed by atoms with Gasteiger partial charge in [-0.2, -0.15) is 0 Å². The first-order valence-corrected chi connectivity index (χ1v) is 6.97. The van der Waals surface area contributed by atoms with Gasteiger partial charge in [-0.25, -0.2) is 5.84 Å². The minimum absolute atomic E-state index is 0.0569. The van der Waals surface area contributed by atoms with Crippen LogP contribution in [0.25, 0.3) is 0 Å². The van der Waals surface area contributed by atoms with Crippen LogP contribution >= 0.6 is 11.3 Å². The number of carbonyl (C=O) groups is 2. The second-order valence-corrected chi connectivity index (χ2v) is 5.92. The SMILES string of the molecule is CN(CC(=O)NC1CC1)Cc1ccc(C(=O)NN)s1. The number of likely N-dealkylation sites (N-methyl/N-ethyl adjacent to an activating group) is 1. The van der Waals surface area contributed by atoms with Crippen molar-refractivity contribution in [3.63, 3.8) is 0 Å². The molecule has 0 unspecified atom stereocenters. The Morgan fingerprint density at radius 3 is 2.84 bits per heavy atom. The van der Waals surface area contributed by atoms with Crippen molar-refractivity contribution >= 4 is 23.2 Å². The molecule has 104 valence electrons. The summed E-state index contributed by atoms with van der Waals surface area (Å²) in [6.45, 7) is 1.01. The van der Waals surface area contributed by atoms with Crippen LogP contribution in [0.1, 0.15) is 27.4 Å². The lowest BCUT2D eigenvalue weighted by atomic mass is 10.4. The van der Waals surface area contributed by atoms with Gasteiger partial charge in [0.25, 0.3) is 5.91 Å². The summed E-state index contributed by atoms with van der Waals surface area (Å²) < 4.78 is 0. The lowest BCUT2D eigenvalue weighted by molar-refractivity contribution is -0.122. The van der Waals surface area contributed by atoms with E-state index in [0.29, 0.717) is 24.0 Å². The number of nitrogens with two attached hydrogens (primary N) is 1. The number of nitrogens with one attached hydrogen (secondary N) is 2. The first-order valence-electron chi connectivity index (χ1n) is 6.16. The summed E-state index contributed by atoms with van der Waals surface area (Å²) in [5.41, 5.74) is 2.10. The Morgan fingerprint density at radius 1 is 1.47 bits per heavy atom. The molecule has 7 heteroatoms. The van der Waals surface area contributed by atoms with E-state index < -0.39 is 0 Å². The molecule has 0 radical (unpaired) electrons. The third kappa shape index (κ3) is 4.30. The highest BCUT2D eigenvalue weighted by Gasteiger charge is 2.23. The van der Waals surface area contributed by atoms with E-state index in [0.717, 1.165) is 17.7 Å². The molecule has 1 saturated carbocycles. The van der Waals surface area contributed by atoms with Gasteiger partial charge in [-0.05, 0) is 32.0 Å². The molecule has 0 spiro atoms. The Morgan fingerprint density at radius 2 is 2.21 bits per heavy atom. The van der Waals surface area contributed by atoms with E-state index in [-0.39, 0.29) is 11.8 Å². The number of hydrogen-bond acceptors (Lipinski definition) is 5.